The fourth-order valence-electron chi connectivity index (χ4n) is 2.14. The molecule has 0 spiro atoms. The monoisotopic (exact) mass is 376 g/mol. The van der Waals surface area contributed by atoms with Crippen LogP contribution in [0.25, 0.3) is 11.5 Å². The summed E-state index contributed by atoms with van der Waals surface area (Å²) in [5.41, 5.74) is 3.18. The lowest BCUT2D eigenvalue weighted by molar-refractivity contribution is -0.127. The molecule has 1 aromatic heterocycles. The van der Waals surface area contributed by atoms with Crippen molar-refractivity contribution >= 4 is 23.6 Å². The zero-order chi connectivity index (χ0) is 19.1. The summed E-state index contributed by atoms with van der Waals surface area (Å²) in [7, 11) is 0. The lowest BCUT2D eigenvalue weighted by Gasteiger charge is -2.13. The molecular formula is C18H24N4O3S. The summed E-state index contributed by atoms with van der Waals surface area (Å²) in [4.78, 5) is 23.7. The number of aryl methyl sites for hydroxylation is 2. The maximum atomic E-state index is 12.0. The van der Waals surface area contributed by atoms with Gasteiger partial charge in [0, 0.05) is 12.1 Å². The molecule has 0 aliphatic carbocycles. The Balaban J connectivity index is 1.86. The number of amides is 2. The van der Waals surface area contributed by atoms with Crippen LogP contribution in [0.1, 0.15) is 31.4 Å². The molecule has 0 fully saturated rings. The van der Waals surface area contributed by atoms with Gasteiger partial charge in [0.2, 0.25) is 17.7 Å². The molecule has 140 valence electrons. The average molecular weight is 376 g/mol. The number of carbonyl (C=O) groups is 2. The zero-order valence-electron chi connectivity index (χ0n) is 15.5. The average Bonchev–Trinajstić information content (AvgIpc) is 3.09. The number of nitrogens with zero attached hydrogens (tertiary/aromatic N) is 2. The van der Waals surface area contributed by atoms with Crippen molar-refractivity contribution in [2.45, 2.75) is 45.4 Å². The van der Waals surface area contributed by atoms with Gasteiger partial charge in [0.1, 0.15) is 6.04 Å². The van der Waals surface area contributed by atoms with Gasteiger partial charge in [0.15, 0.2) is 0 Å². The second-order valence-electron chi connectivity index (χ2n) is 6.04. The third-order valence-corrected chi connectivity index (χ3v) is 4.63. The molecule has 2 aromatic rings. The van der Waals surface area contributed by atoms with Crippen molar-refractivity contribution in [1.29, 1.82) is 0 Å². The summed E-state index contributed by atoms with van der Waals surface area (Å²) >= 11 is 1.14. The molecule has 0 bridgehead atoms. The fourth-order valence-corrected chi connectivity index (χ4v) is 2.71. The van der Waals surface area contributed by atoms with Gasteiger partial charge in [0.05, 0.1) is 5.75 Å². The third-order valence-electron chi connectivity index (χ3n) is 3.81. The van der Waals surface area contributed by atoms with Crippen LogP contribution in [0, 0.1) is 13.8 Å². The van der Waals surface area contributed by atoms with Crippen molar-refractivity contribution in [3.63, 3.8) is 0 Å². The molecule has 2 rings (SSSR count). The Morgan fingerprint density at radius 3 is 2.69 bits per heavy atom. The smallest absolute Gasteiger partial charge is 0.277 e. The Morgan fingerprint density at radius 2 is 2.00 bits per heavy atom. The standard InChI is InChI=1S/C18H24N4O3S/c1-5-8-19-16(24)13(4)20-15(23)10-26-18-22-21-17(25-18)14-7-6-11(2)12(3)9-14/h6-7,9,13H,5,8,10H2,1-4H3,(H,19,24)(H,20,23)/t13-/m0/s1. The fraction of sp³-hybridized carbons (Fsp3) is 0.444. The molecule has 0 unspecified atom stereocenters. The first kappa shape index (κ1) is 20.0. The van der Waals surface area contributed by atoms with E-state index in [2.05, 4.69) is 20.8 Å². The molecular weight excluding hydrogens is 352 g/mol. The van der Waals surface area contributed by atoms with Crippen LogP contribution in [0.4, 0.5) is 0 Å². The van der Waals surface area contributed by atoms with E-state index in [4.69, 9.17) is 4.42 Å². The van der Waals surface area contributed by atoms with E-state index in [0.29, 0.717) is 17.7 Å². The van der Waals surface area contributed by atoms with E-state index in [-0.39, 0.29) is 17.6 Å². The van der Waals surface area contributed by atoms with Gasteiger partial charge in [0.25, 0.3) is 5.22 Å². The molecule has 2 amide bonds. The van der Waals surface area contributed by atoms with Gasteiger partial charge in [-0.2, -0.15) is 0 Å². The van der Waals surface area contributed by atoms with E-state index < -0.39 is 6.04 Å². The van der Waals surface area contributed by atoms with E-state index in [0.717, 1.165) is 29.3 Å². The second kappa shape index (κ2) is 9.38. The Kier molecular flexibility index (Phi) is 7.20. The minimum Gasteiger partial charge on any atom is -0.411 e. The Morgan fingerprint density at radius 1 is 1.23 bits per heavy atom. The van der Waals surface area contributed by atoms with Gasteiger partial charge in [-0.3, -0.25) is 9.59 Å². The molecule has 8 heteroatoms. The van der Waals surface area contributed by atoms with Gasteiger partial charge >= 0.3 is 0 Å². The molecule has 0 radical (unpaired) electrons. The van der Waals surface area contributed by atoms with Gasteiger partial charge in [-0.15, -0.1) is 10.2 Å². The number of thioether (sulfide) groups is 1. The quantitative estimate of drug-likeness (QED) is 0.687. The summed E-state index contributed by atoms with van der Waals surface area (Å²) in [6, 6.07) is 5.33. The minimum absolute atomic E-state index is 0.0972. The van der Waals surface area contributed by atoms with Crippen LogP contribution >= 0.6 is 11.8 Å². The highest BCUT2D eigenvalue weighted by Crippen LogP contribution is 2.24. The number of rotatable bonds is 8. The molecule has 1 atom stereocenters. The lowest BCUT2D eigenvalue weighted by atomic mass is 10.1. The van der Waals surface area contributed by atoms with Gasteiger partial charge < -0.3 is 15.1 Å². The Hall–Kier alpha value is -2.35. The minimum atomic E-state index is -0.580. The van der Waals surface area contributed by atoms with Crippen LogP contribution in [0.2, 0.25) is 0 Å². The first-order valence-corrected chi connectivity index (χ1v) is 9.50. The summed E-state index contributed by atoms with van der Waals surface area (Å²) in [6.45, 7) is 8.27. The Labute approximate surface area is 157 Å². The largest absolute Gasteiger partial charge is 0.411 e. The summed E-state index contributed by atoms with van der Waals surface area (Å²) in [5, 5.41) is 13.7. The van der Waals surface area contributed by atoms with Crippen LogP contribution in [0.3, 0.4) is 0 Å². The molecule has 7 nitrogen and oxygen atoms in total. The van der Waals surface area contributed by atoms with Crippen LogP contribution < -0.4 is 10.6 Å². The molecule has 0 aliphatic heterocycles. The molecule has 0 saturated carbocycles. The van der Waals surface area contributed by atoms with Gasteiger partial charge in [-0.1, -0.05) is 24.8 Å². The van der Waals surface area contributed by atoms with Crippen molar-refractivity contribution in [1.82, 2.24) is 20.8 Å². The van der Waals surface area contributed by atoms with Gasteiger partial charge in [-0.05, 0) is 50.5 Å². The highest BCUT2D eigenvalue weighted by Gasteiger charge is 2.16. The molecule has 0 aliphatic rings. The summed E-state index contributed by atoms with van der Waals surface area (Å²) in [5.74, 6) is 0.0587. The van der Waals surface area contributed by atoms with Crippen molar-refractivity contribution in [2.75, 3.05) is 12.3 Å². The van der Waals surface area contributed by atoms with Crippen molar-refractivity contribution in [2.24, 2.45) is 0 Å². The topological polar surface area (TPSA) is 97.1 Å². The SMILES string of the molecule is CCCNC(=O)[C@H](C)NC(=O)CSc1nnc(-c2ccc(C)c(C)c2)o1. The van der Waals surface area contributed by atoms with Crippen LogP contribution in [0.15, 0.2) is 27.8 Å². The number of hydrogen-bond acceptors (Lipinski definition) is 6. The van der Waals surface area contributed by atoms with E-state index >= 15 is 0 Å². The van der Waals surface area contributed by atoms with Crippen molar-refractivity contribution < 1.29 is 14.0 Å². The zero-order valence-corrected chi connectivity index (χ0v) is 16.3. The number of carbonyl (C=O) groups excluding carboxylic acids is 2. The predicted octanol–water partition coefficient (Wildman–Crippen LogP) is 2.48. The number of benzene rings is 1. The molecule has 2 N–H and O–H groups in total. The van der Waals surface area contributed by atoms with E-state index in [1.54, 1.807) is 6.92 Å². The predicted molar refractivity (Wildman–Crippen MR) is 101 cm³/mol. The van der Waals surface area contributed by atoms with E-state index in [1.165, 1.54) is 5.56 Å². The Bertz CT molecular complexity index is 776. The first-order chi connectivity index (χ1) is 12.4. The highest BCUT2D eigenvalue weighted by molar-refractivity contribution is 7.99. The molecule has 1 aromatic carbocycles. The molecule has 26 heavy (non-hydrogen) atoms. The van der Waals surface area contributed by atoms with Crippen LogP contribution in [0.5, 0.6) is 0 Å². The number of nitrogens with one attached hydrogen (secondary N) is 2. The van der Waals surface area contributed by atoms with Crippen molar-refractivity contribution in [3.8, 4) is 11.5 Å². The number of aromatic nitrogens is 2. The third kappa shape index (κ3) is 5.59. The van der Waals surface area contributed by atoms with Crippen LogP contribution in [-0.4, -0.2) is 40.4 Å². The van der Waals surface area contributed by atoms with Gasteiger partial charge in [-0.25, -0.2) is 0 Å². The van der Waals surface area contributed by atoms with Crippen molar-refractivity contribution in [3.05, 3.63) is 29.3 Å². The highest BCUT2D eigenvalue weighted by atomic mass is 32.2. The van der Waals surface area contributed by atoms with Crippen LogP contribution in [-0.2, 0) is 9.59 Å². The molecule has 1 heterocycles. The number of hydrogen-bond donors (Lipinski definition) is 2. The van der Waals surface area contributed by atoms with E-state index in [9.17, 15) is 9.59 Å². The maximum absolute atomic E-state index is 12.0. The molecule has 0 saturated heterocycles. The maximum Gasteiger partial charge on any atom is 0.277 e. The normalized spacial score (nSPS) is 11.8. The summed E-state index contributed by atoms with van der Waals surface area (Å²) in [6.07, 6.45) is 0.849. The first-order valence-electron chi connectivity index (χ1n) is 8.51. The summed E-state index contributed by atoms with van der Waals surface area (Å²) < 4.78 is 5.60. The van der Waals surface area contributed by atoms with E-state index in [1.807, 2.05) is 39.0 Å². The second-order valence-corrected chi connectivity index (χ2v) is 6.97. The lowest BCUT2D eigenvalue weighted by Crippen LogP contribution is -2.45.